The summed E-state index contributed by atoms with van der Waals surface area (Å²) in [4.78, 5) is 0. The summed E-state index contributed by atoms with van der Waals surface area (Å²) < 4.78 is 12.0. The number of hydrogen-bond donors (Lipinski definition) is 0. The van der Waals surface area contributed by atoms with Gasteiger partial charge in [-0.1, -0.05) is 39.0 Å². The maximum Gasteiger partial charge on any atom is 0.338 e. The predicted molar refractivity (Wildman–Crippen MR) is 66.3 cm³/mol. The van der Waals surface area contributed by atoms with Gasteiger partial charge in [0.1, 0.15) is 0 Å². The molecule has 0 N–H and O–H groups in total. The SMILES string of the molecule is CCCCCCO[Si]1(OCC)CCCC1. The summed E-state index contributed by atoms with van der Waals surface area (Å²) in [7, 11) is -1.69. The molecule has 0 spiro atoms. The van der Waals surface area contributed by atoms with Gasteiger partial charge in [-0.15, -0.1) is 0 Å². The minimum atomic E-state index is -1.69. The molecule has 0 aromatic heterocycles. The van der Waals surface area contributed by atoms with Gasteiger partial charge >= 0.3 is 8.56 Å². The van der Waals surface area contributed by atoms with E-state index in [2.05, 4.69) is 13.8 Å². The molecule has 1 fully saturated rings. The fourth-order valence-electron chi connectivity index (χ4n) is 2.29. The molecule has 0 amide bonds. The van der Waals surface area contributed by atoms with Crippen LogP contribution in [0.5, 0.6) is 0 Å². The van der Waals surface area contributed by atoms with Crippen LogP contribution in [0.15, 0.2) is 0 Å². The molecule has 3 heteroatoms. The molecule has 1 heterocycles. The summed E-state index contributed by atoms with van der Waals surface area (Å²) in [6.45, 7) is 6.11. The number of hydrogen-bond acceptors (Lipinski definition) is 2. The topological polar surface area (TPSA) is 18.5 Å². The van der Waals surface area contributed by atoms with Crippen molar-refractivity contribution in [3.05, 3.63) is 0 Å². The van der Waals surface area contributed by atoms with Crippen LogP contribution in [0.2, 0.25) is 12.1 Å². The van der Waals surface area contributed by atoms with Crippen LogP contribution in [0.1, 0.15) is 52.4 Å². The van der Waals surface area contributed by atoms with Crippen molar-refractivity contribution in [2.45, 2.75) is 64.5 Å². The molecular weight excluding hydrogens is 204 g/mol. The van der Waals surface area contributed by atoms with Gasteiger partial charge < -0.3 is 8.85 Å². The first-order valence-electron chi connectivity index (χ1n) is 6.61. The first-order chi connectivity index (χ1) is 7.33. The zero-order valence-electron chi connectivity index (χ0n) is 10.4. The molecule has 15 heavy (non-hydrogen) atoms. The lowest BCUT2D eigenvalue weighted by Gasteiger charge is -2.25. The lowest BCUT2D eigenvalue weighted by atomic mass is 10.2. The normalized spacial score (nSPS) is 19.6. The van der Waals surface area contributed by atoms with Crippen LogP contribution in [-0.4, -0.2) is 21.8 Å². The van der Waals surface area contributed by atoms with Crippen LogP contribution >= 0.6 is 0 Å². The second-order valence-corrected chi connectivity index (χ2v) is 7.86. The van der Waals surface area contributed by atoms with Gasteiger partial charge in [-0.2, -0.15) is 0 Å². The first kappa shape index (κ1) is 13.2. The molecule has 0 aromatic rings. The first-order valence-corrected chi connectivity index (χ1v) is 8.84. The molecule has 1 rings (SSSR count). The van der Waals surface area contributed by atoms with Gasteiger partial charge in [0.2, 0.25) is 0 Å². The third-order valence-electron chi connectivity index (χ3n) is 3.14. The molecule has 2 nitrogen and oxygen atoms in total. The Labute approximate surface area is 95.6 Å². The van der Waals surface area contributed by atoms with E-state index in [1.165, 1.54) is 50.6 Å². The Morgan fingerprint density at radius 1 is 0.933 bits per heavy atom. The summed E-state index contributed by atoms with van der Waals surface area (Å²) in [6, 6.07) is 2.46. The van der Waals surface area contributed by atoms with Crippen molar-refractivity contribution in [2.75, 3.05) is 13.2 Å². The smallest absolute Gasteiger partial charge is 0.338 e. The van der Waals surface area contributed by atoms with E-state index in [0.717, 1.165) is 13.2 Å². The highest BCUT2D eigenvalue weighted by molar-refractivity contribution is 6.68. The van der Waals surface area contributed by atoms with Gasteiger partial charge in [0.15, 0.2) is 0 Å². The van der Waals surface area contributed by atoms with E-state index in [-0.39, 0.29) is 0 Å². The number of unbranched alkanes of at least 4 members (excludes halogenated alkanes) is 3. The lowest BCUT2D eigenvalue weighted by molar-refractivity contribution is 0.176. The Hall–Kier alpha value is 0.137. The Morgan fingerprint density at radius 2 is 1.67 bits per heavy atom. The highest BCUT2D eigenvalue weighted by Gasteiger charge is 2.40. The highest BCUT2D eigenvalue weighted by Crippen LogP contribution is 2.32. The average molecular weight is 230 g/mol. The van der Waals surface area contributed by atoms with E-state index in [0.29, 0.717) is 0 Å². The summed E-state index contributed by atoms with van der Waals surface area (Å²) in [6.07, 6.45) is 7.81. The fraction of sp³-hybridized carbons (Fsp3) is 1.00. The molecule has 0 unspecified atom stereocenters. The second-order valence-electron chi connectivity index (χ2n) is 4.46. The molecule has 0 aliphatic carbocycles. The third-order valence-corrected chi connectivity index (χ3v) is 6.91. The second kappa shape index (κ2) is 7.42. The molecule has 1 aliphatic heterocycles. The van der Waals surface area contributed by atoms with E-state index in [9.17, 15) is 0 Å². The molecule has 0 radical (unpaired) electrons. The van der Waals surface area contributed by atoms with E-state index in [1.54, 1.807) is 0 Å². The Balaban J connectivity index is 2.14. The van der Waals surface area contributed by atoms with E-state index in [4.69, 9.17) is 8.85 Å². The Bertz CT molecular complexity index is 156. The third kappa shape index (κ3) is 4.66. The summed E-state index contributed by atoms with van der Waals surface area (Å²) in [5.74, 6) is 0. The van der Waals surface area contributed by atoms with Gasteiger partial charge in [0.05, 0.1) is 0 Å². The Morgan fingerprint density at radius 3 is 2.27 bits per heavy atom. The van der Waals surface area contributed by atoms with Crippen molar-refractivity contribution in [1.82, 2.24) is 0 Å². The van der Waals surface area contributed by atoms with Crippen molar-refractivity contribution in [3.8, 4) is 0 Å². The molecule has 0 saturated carbocycles. The van der Waals surface area contributed by atoms with Crippen LogP contribution in [0.3, 0.4) is 0 Å². The monoisotopic (exact) mass is 230 g/mol. The molecule has 0 bridgehead atoms. The highest BCUT2D eigenvalue weighted by atomic mass is 28.4. The van der Waals surface area contributed by atoms with Gasteiger partial charge in [0, 0.05) is 13.2 Å². The Kier molecular flexibility index (Phi) is 6.53. The van der Waals surface area contributed by atoms with Crippen LogP contribution in [0.4, 0.5) is 0 Å². The van der Waals surface area contributed by atoms with Gasteiger partial charge in [-0.3, -0.25) is 0 Å². The average Bonchev–Trinajstić information content (AvgIpc) is 2.67. The van der Waals surface area contributed by atoms with Crippen LogP contribution in [0, 0.1) is 0 Å². The van der Waals surface area contributed by atoms with Crippen LogP contribution < -0.4 is 0 Å². The van der Waals surface area contributed by atoms with Crippen LogP contribution in [-0.2, 0) is 8.85 Å². The van der Waals surface area contributed by atoms with Crippen LogP contribution in [0.25, 0.3) is 0 Å². The van der Waals surface area contributed by atoms with E-state index >= 15 is 0 Å². The van der Waals surface area contributed by atoms with Crippen molar-refractivity contribution < 1.29 is 8.85 Å². The largest absolute Gasteiger partial charge is 0.394 e. The summed E-state index contributed by atoms with van der Waals surface area (Å²) >= 11 is 0. The zero-order chi connectivity index (χ0) is 11.0. The van der Waals surface area contributed by atoms with E-state index < -0.39 is 8.56 Å². The fourth-order valence-corrected chi connectivity index (χ4v) is 5.82. The standard InChI is InChI=1S/C12H26O2Si/c1-3-5-6-7-10-14-15(13-4-2)11-8-9-12-15/h3-12H2,1-2H3. The van der Waals surface area contributed by atoms with Crippen molar-refractivity contribution in [2.24, 2.45) is 0 Å². The van der Waals surface area contributed by atoms with E-state index in [1.807, 2.05) is 0 Å². The minimum absolute atomic E-state index is 0.835. The number of rotatable bonds is 8. The molecule has 0 aromatic carbocycles. The van der Waals surface area contributed by atoms with Gasteiger partial charge in [-0.25, -0.2) is 0 Å². The lowest BCUT2D eigenvalue weighted by Crippen LogP contribution is -2.39. The quantitative estimate of drug-likeness (QED) is 0.466. The molecule has 1 aliphatic rings. The summed E-state index contributed by atoms with van der Waals surface area (Å²) in [5.41, 5.74) is 0. The van der Waals surface area contributed by atoms with Crippen molar-refractivity contribution >= 4 is 8.56 Å². The maximum absolute atomic E-state index is 6.09. The van der Waals surface area contributed by atoms with Gasteiger partial charge in [-0.05, 0) is 25.4 Å². The zero-order valence-corrected chi connectivity index (χ0v) is 11.4. The molecular formula is C12H26O2Si. The molecule has 1 saturated heterocycles. The maximum atomic E-state index is 6.09. The predicted octanol–water partition coefficient (Wildman–Crippen LogP) is 3.86. The molecule has 90 valence electrons. The van der Waals surface area contributed by atoms with Crippen molar-refractivity contribution in [1.29, 1.82) is 0 Å². The molecule has 0 atom stereocenters. The summed E-state index contributed by atoms with van der Waals surface area (Å²) in [5, 5.41) is 0. The van der Waals surface area contributed by atoms with Gasteiger partial charge in [0.25, 0.3) is 0 Å². The van der Waals surface area contributed by atoms with Crippen molar-refractivity contribution in [3.63, 3.8) is 0 Å². The minimum Gasteiger partial charge on any atom is -0.394 e.